The average molecular weight is 760 g/mol. The Morgan fingerprint density at radius 2 is 1.12 bits per heavy atom. The van der Waals surface area contributed by atoms with Crippen LogP contribution in [0.4, 0.5) is 17.1 Å². The standard InChI is InChI=1S/C44H33N5O6S/c1-28-23-41(50)48(43(28)52)34-19-13-30(14-20-34)11-17-32-25-45-26-33(18-12-31-15-21-35(22-16-31)49-42(51)24-29(2)44(49)53)38(32)27-46-56(54,55)40-10-6-7-36-37(40)8-5-9-39(36)47(3)4/h5-10,13-16,19-26,46H,27H2,1-4H3. The number of aromatic nitrogens is 1. The molecule has 0 fully saturated rings. The summed E-state index contributed by atoms with van der Waals surface area (Å²) in [4.78, 5) is 58.2. The molecule has 0 bridgehead atoms. The third kappa shape index (κ3) is 7.22. The third-order valence-corrected chi connectivity index (χ3v) is 10.7. The van der Waals surface area contributed by atoms with Crippen LogP contribution in [0, 0.1) is 23.7 Å². The Balaban J connectivity index is 1.22. The van der Waals surface area contributed by atoms with E-state index in [-0.39, 0.29) is 23.3 Å². The number of fused-ring (bicyclic) bond motifs is 1. The predicted molar refractivity (Wildman–Crippen MR) is 214 cm³/mol. The first kappa shape index (κ1) is 37.2. The molecule has 1 aromatic heterocycles. The lowest BCUT2D eigenvalue weighted by Gasteiger charge is -2.17. The van der Waals surface area contributed by atoms with E-state index in [0.29, 0.717) is 55.7 Å². The van der Waals surface area contributed by atoms with Crippen molar-refractivity contribution < 1.29 is 27.6 Å². The summed E-state index contributed by atoms with van der Waals surface area (Å²) in [5.74, 6) is 10.8. The fourth-order valence-electron chi connectivity index (χ4n) is 6.36. The number of hydrogen-bond acceptors (Lipinski definition) is 8. The highest BCUT2D eigenvalue weighted by Gasteiger charge is 2.30. The van der Waals surface area contributed by atoms with E-state index in [2.05, 4.69) is 33.4 Å². The molecule has 0 radical (unpaired) electrons. The molecule has 2 aliphatic heterocycles. The third-order valence-electron chi connectivity index (χ3n) is 9.26. The van der Waals surface area contributed by atoms with E-state index in [4.69, 9.17) is 0 Å². The second-order valence-electron chi connectivity index (χ2n) is 13.3. The molecule has 0 spiro atoms. The molecule has 0 atom stereocenters. The molecular weight excluding hydrogens is 727 g/mol. The average Bonchev–Trinajstić information content (AvgIpc) is 3.60. The Labute approximate surface area is 324 Å². The Bertz CT molecular complexity index is 2670. The lowest BCUT2D eigenvalue weighted by atomic mass is 10.0. The van der Waals surface area contributed by atoms with Crippen molar-refractivity contribution in [3.8, 4) is 23.7 Å². The second kappa shape index (κ2) is 15.0. The number of benzene rings is 4. The van der Waals surface area contributed by atoms with Gasteiger partial charge in [0.25, 0.3) is 23.6 Å². The van der Waals surface area contributed by atoms with Crippen LogP contribution in [0.2, 0.25) is 0 Å². The maximum absolute atomic E-state index is 14.0. The SMILES string of the molecule is CC1=CC(=O)N(c2ccc(C#Cc3cncc(C#Cc4ccc(N5C(=O)C=C(C)C5=O)cc4)c3CNS(=O)(=O)c3cccc4c(N(C)C)cccc34)cc2)C1=O. The number of imide groups is 2. The van der Waals surface area contributed by atoms with Crippen molar-refractivity contribution in [3.63, 3.8) is 0 Å². The van der Waals surface area contributed by atoms with Crippen LogP contribution >= 0.6 is 0 Å². The van der Waals surface area contributed by atoms with Crippen LogP contribution in [0.5, 0.6) is 0 Å². The molecule has 0 saturated carbocycles. The Morgan fingerprint density at radius 3 is 1.59 bits per heavy atom. The van der Waals surface area contributed by atoms with Crippen molar-refractivity contribution in [2.24, 2.45) is 0 Å². The minimum Gasteiger partial charge on any atom is -0.377 e. The molecule has 2 aliphatic rings. The maximum atomic E-state index is 14.0. The predicted octanol–water partition coefficient (Wildman–Crippen LogP) is 5.22. The van der Waals surface area contributed by atoms with Crippen LogP contribution in [0.15, 0.2) is 126 Å². The van der Waals surface area contributed by atoms with E-state index in [1.165, 1.54) is 24.5 Å². The van der Waals surface area contributed by atoms with E-state index in [1.54, 1.807) is 80.6 Å². The lowest BCUT2D eigenvalue weighted by molar-refractivity contribution is -0.121. The summed E-state index contributed by atoms with van der Waals surface area (Å²) < 4.78 is 30.7. The van der Waals surface area contributed by atoms with Gasteiger partial charge in [0.05, 0.1) is 16.3 Å². The highest BCUT2D eigenvalue weighted by atomic mass is 32.2. The highest BCUT2D eigenvalue weighted by Crippen LogP contribution is 2.31. The van der Waals surface area contributed by atoms with Gasteiger partial charge < -0.3 is 4.90 Å². The van der Waals surface area contributed by atoms with Gasteiger partial charge in [0.15, 0.2) is 0 Å². The molecule has 11 nitrogen and oxygen atoms in total. The summed E-state index contributed by atoms with van der Waals surface area (Å²) in [6, 6.07) is 23.9. The molecule has 0 aliphatic carbocycles. The zero-order valence-corrected chi connectivity index (χ0v) is 31.6. The number of nitrogens with zero attached hydrogens (tertiary/aromatic N) is 4. The van der Waals surface area contributed by atoms with Crippen molar-refractivity contribution in [1.82, 2.24) is 9.71 Å². The molecule has 7 rings (SSSR count). The van der Waals surface area contributed by atoms with Crippen LogP contribution in [0.1, 0.15) is 41.7 Å². The molecule has 12 heteroatoms. The number of carbonyl (C=O) groups excluding carboxylic acids is 4. The molecule has 5 aromatic rings. The van der Waals surface area contributed by atoms with Crippen molar-refractivity contribution in [1.29, 1.82) is 0 Å². The first-order valence-electron chi connectivity index (χ1n) is 17.4. The number of sulfonamides is 1. The molecule has 4 amide bonds. The van der Waals surface area contributed by atoms with Gasteiger partial charge in [-0.3, -0.25) is 24.2 Å². The molecular formula is C44H33N5O6S. The van der Waals surface area contributed by atoms with Crippen LogP contribution in [-0.4, -0.2) is 51.1 Å². The minimum absolute atomic E-state index is 0.119. The number of rotatable bonds is 7. The quantitative estimate of drug-likeness (QED) is 0.176. The van der Waals surface area contributed by atoms with Crippen LogP contribution in [0.3, 0.4) is 0 Å². The number of carbonyl (C=O) groups is 4. The van der Waals surface area contributed by atoms with Gasteiger partial charge in [0.2, 0.25) is 10.0 Å². The topological polar surface area (TPSA) is 137 Å². The summed E-state index contributed by atoms with van der Waals surface area (Å²) in [5.41, 5.74) is 4.90. The summed E-state index contributed by atoms with van der Waals surface area (Å²) >= 11 is 0. The molecule has 276 valence electrons. The molecule has 4 aromatic carbocycles. The second-order valence-corrected chi connectivity index (χ2v) is 15.0. The van der Waals surface area contributed by atoms with Gasteiger partial charge in [-0.05, 0) is 74.5 Å². The van der Waals surface area contributed by atoms with Gasteiger partial charge in [-0.2, -0.15) is 0 Å². The lowest BCUT2D eigenvalue weighted by Crippen LogP contribution is -2.30. The van der Waals surface area contributed by atoms with Crippen molar-refractivity contribution in [2.45, 2.75) is 25.3 Å². The first-order chi connectivity index (χ1) is 26.8. The largest absolute Gasteiger partial charge is 0.377 e. The highest BCUT2D eigenvalue weighted by molar-refractivity contribution is 7.89. The van der Waals surface area contributed by atoms with Crippen LogP contribution in [-0.2, 0) is 35.7 Å². The molecule has 3 heterocycles. The van der Waals surface area contributed by atoms with Crippen LogP contribution < -0.4 is 19.4 Å². The fourth-order valence-corrected chi connectivity index (χ4v) is 7.57. The fraction of sp³-hybridized carbons (Fsp3) is 0.114. The van der Waals surface area contributed by atoms with Crippen LogP contribution in [0.25, 0.3) is 10.8 Å². The molecule has 1 N–H and O–H groups in total. The number of nitrogens with one attached hydrogen (secondary N) is 1. The van der Waals surface area contributed by atoms with Gasteiger partial charge in [0.1, 0.15) is 0 Å². The Kier molecular flexibility index (Phi) is 9.94. The van der Waals surface area contributed by atoms with Gasteiger partial charge in [-0.1, -0.05) is 47.9 Å². The van der Waals surface area contributed by atoms with E-state index in [0.717, 1.165) is 20.9 Å². The number of amides is 4. The normalized spacial score (nSPS) is 14.0. The van der Waals surface area contributed by atoms with Gasteiger partial charge in [0, 0.05) is 101 Å². The van der Waals surface area contributed by atoms with Gasteiger partial charge in [-0.15, -0.1) is 0 Å². The number of hydrogen-bond donors (Lipinski definition) is 1. The number of pyridine rings is 1. The van der Waals surface area contributed by atoms with Gasteiger partial charge in [-0.25, -0.2) is 22.9 Å². The maximum Gasteiger partial charge on any atom is 0.261 e. The zero-order chi connectivity index (χ0) is 39.7. The molecule has 56 heavy (non-hydrogen) atoms. The summed E-state index contributed by atoms with van der Waals surface area (Å²) in [6.45, 7) is 3.00. The first-order valence-corrected chi connectivity index (χ1v) is 18.8. The van der Waals surface area contributed by atoms with E-state index < -0.39 is 21.8 Å². The van der Waals surface area contributed by atoms with Crippen molar-refractivity contribution >= 4 is 61.5 Å². The van der Waals surface area contributed by atoms with Gasteiger partial charge >= 0.3 is 0 Å². The minimum atomic E-state index is -4.06. The zero-order valence-electron chi connectivity index (χ0n) is 30.7. The molecule has 0 saturated heterocycles. The summed E-state index contributed by atoms with van der Waals surface area (Å²) in [5, 5.41) is 1.36. The van der Waals surface area contributed by atoms with Crippen molar-refractivity contribution in [3.05, 3.63) is 148 Å². The Morgan fingerprint density at radius 1 is 0.643 bits per heavy atom. The van der Waals surface area contributed by atoms with E-state index >= 15 is 0 Å². The number of anilines is 3. The summed E-state index contributed by atoms with van der Waals surface area (Å²) in [7, 11) is -0.269. The van der Waals surface area contributed by atoms with E-state index in [9.17, 15) is 27.6 Å². The molecule has 0 unspecified atom stereocenters. The summed E-state index contributed by atoms with van der Waals surface area (Å²) in [6.07, 6.45) is 5.65. The van der Waals surface area contributed by atoms with Crippen molar-refractivity contribution in [2.75, 3.05) is 28.8 Å². The van der Waals surface area contributed by atoms with E-state index in [1.807, 2.05) is 37.2 Å². The monoisotopic (exact) mass is 759 g/mol. The smallest absolute Gasteiger partial charge is 0.261 e. The Hall–Kier alpha value is -7.12.